The lowest BCUT2D eigenvalue weighted by Gasteiger charge is -2.22. The Morgan fingerprint density at radius 1 is 1.24 bits per heavy atom. The summed E-state index contributed by atoms with van der Waals surface area (Å²) in [6.07, 6.45) is 2.49. The largest absolute Gasteiger partial charge is 0.386 e. The fraction of sp³-hybridized carbons (Fsp3) is 0.733. The topological polar surface area (TPSA) is 79.3 Å². The fourth-order valence-electron chi connectivity index (χ4n) is 2.29. The molecule has 1 fully saturated rings. The van der Waals surface area contributed by atoms with Gasteiger partial charge in [0, 0.05) is 38.1 Å². The lowest BCUT2D eigenvalue weighted by atomic mass is 10.0. The molecule has 1 atom stereocenters. The number of nitrogens with one attached hydrogen (secondary N) is 2. The van der Waals surface area contributed by atoms with Crippen LogP contribution in [0.1, 0.15) is 38.1 Å². The number of hydrogen-bond acceptors (Lipinski definition) is 6. The number of ether oxygens (including phenoxy) is 1. The van der Waals surface area contributed by atoms with E-state index in [4.69, 9.17) is 4.74 Å². The van der Waals surface area contributed by atoms with Crippen LogP contribution < -0.4 is 10.6 Å². The van der Waals surface area contributed by atoms with Crippen molar-refractivity contribution in [3.63, 3.8) is 0 Å². The third-order valence-corrected chi connectivity index (χ3v) is 3.72. The predicted octanol–water partition coefficient (Wildman–Crippen LogP) is 1.73. The first-order valence-corrected chi connectivity index (χ1v) is 7.73. The minimum Gasteiger partial charge on any atom is -0.386 e. The summed E-state index contributed by atoms with van der Waals surface area (Å²) in [4.78, 5) is 9.07. The second kappa shape index (κ2) is 7.04. The Morgan fingerprint density at radius 2 is 1.95 bits per heavy atom. The molecule has 6 heteroatoms. The Kier molecular flexibility index (Phi) is 5.36. The lowest BCUT2D eigenvalue weighted by Crippen LogP contribution is -2.37. The molecule has 2 rings (SSSR count). The normalized spacial score (nSPS) is 21.5. The first-order chi connectivity index (χ1) is 10.1. The summed E-state index contributed by atoms with van der Waals surface area (Å²) in [6, 6.07) is 0. The summed E-state index contributed by atoms with van der Waals surface area (Å²) >= 11 is 0. The van der Waals surface area contributed by atoms with Crippen molar-refractivity contribution in [2.24, 2.45) is 0 Å². The van der Waals surface area contributed by atoms with Crippen molar-refractivity contribution in [1.29, 1.82) is 0 Å². The van der Waals surface area contributed by atoms with Gasteiger partial charge in [-0.25, -0.2) is 9.97 Å². The molecule has 118 valence electrons. The molecule has 0 aromatic carbocycles. The number of aryl methyl sites for hydroxylation is 1. The van der Waals surface area contributed by atoms with Gasteiger partial charge in [0.15, 0.2) is 0 Å². The zero-order chi connectivity index (χ0) is 15.3. The minimum atomic E-state index is -0.791. The van der Waals surface area contributed by atoms with Crippen molar-refractivity contribution in [2.75, 3.05) is 36.9 Å². The van der Waals surface area contributed by atoms with Crippen molar-refractivity contribution >= 4 is 11.6 Å². The van der Waals surface area contributed by atoms with Gasteiger partial charge >= 0.3 is 0 Å². The molecule has 1 aliphatic rings. The summed E-state index contributed by atoms with van der Waals surface area (Å²) in [5.41, 5.74) is 0.198. The highest BCUT2D eigenvalue weighted by atomic mass is 16.5. The summed E-state index contributed by atoms with van der Waals surface area (Å²) in [6.45, 7) is 8.49. The van der Waals surface area contributed by atoms with Crippen molar-refractivity contribution < 1.29 is 9.84 Å². The average Bonchev–Trinajstić information content (AvgIpc) is 2.92. The molecule has 3 N–H and O–H groups in total. The molecule has 0 amide bonds. The number of nitrogens with zero attached hydrogens (tertiary/aromatic N) is 2. The molecule has 0 bridgehead atoms. The van der Waals surface area contributed by atoms with Crippen LogP contribution in [0.5, 0.6) is 0 Å². The molecule has 1 aliphatic heterocycles. The third kappa shape index (κ3) is 4.04. The van der Waals surface area contributed by atoms with Crippen molar-refractivity contribution in [1.82, 2.24) is 9.97 Å². The molecule has 1 aromatic rings. The molecule has 2 heterocycles. The standard InChI is InChI=1S/C15H26N4O2/c1-4-7-16-13-11(3)14(19-12(5-2)18-13)17-9-15(20)6-8-21-10-15/h20H,4-10H2,1-3H3,(H2,16,17,18,19). The van der Waals surface area contributed by atoms with E-state index in [0.717, 1.165) is 42.4 Å². The summed E-state index contributed by atoms with van der Waals surface area (Å²) < 4.78 is 5.27. The van der Waals surface area contributed by atoms with Gasteiger partial charge in [-0.2, -0.15) is 0 Å². The lowest BCUT2D eigenvalue weighted by molar-refractivity contribution is 0.0381. The van der Waals surface area contributed by atoms with Gasteiger partial charge in [0.2, 0.25) is 0 Å². The molecule has 1 unspecified atom stereocenters. The smallest absolute Gasteiger partial charge is 0.134 e. The second-order valence-corrected chi connectivity index (χ2v) is 5.62. The van der Waals surface area contributed by atoms with Crippen LogP contribution in [0.4, 0.5) is 11.6 Å². The van der Waals surface area contributed by atoms with Crippen LogP contribution in [-0.4, -0.2) is 47.0 Å². The first kappa shape index (κ1) is 16.0. The molecule has 6 nitrogen and oxygen atoms in total. The molecular weight excluding hydrogens is 268 g/mol. The number of aliphatic hydroxyl groups is 1. The maximum Gasteiger partial charge on any atom is 0.134 e. The van der Waals surface area contributed by atoms with E-state index in [9.17, 15) is 5.11 Å². The fourth-order valence-corrected chi connectivity index (χ4v) is 2.29. The van der Waals surface area contributed by atoms with E-state index in [1.165, 1.54) is 0 Å². The van der Waals surface area contributed by atoms with Crippen molar-refractivity contribution in [3.8, 4) is 0 Å². The van der Waals surface area contributed by atoms with Gasteiger partial charge in [0.25, 0.3) is 0 Å². The van der Waals surface area contributed by atoms with Gasteiger partial charge in [0.1, 0.15) is 23.1 Å². The second-order valence-electron chi connectivity index (χ2n) is 5.62. The molecular formula is C15H26N4O2. The van der Waals surface area contributed by atoms with E-state index >= 15 is 0 Å². The average molecular weight is 294 g/mol. The van der Waals surface area contributed by atoms with Crippen LogP contribution in [0.15, 0.2) is 0 Å². The zero-order valence-corrected chi connectivity index (χ0v) is 13.2. The Morgan fingerprint density at radius 3 is 2.52 bits per heavy atom. The van der Waals surface area contributed by atoms with Crippen LogP contribution in [0, 0.1) is 6.92 Å². The van der Waals surface area contributed by atoms with Crippen molar-refractivity contribution in [3.05, 3.63) is 11.4 Å². The van der Waals surface area contributed by atoms with Crippen LogP contribution >= 0.6 is 0 Å². The van der Waals surface area contributed by atoms with Gasteiger partial charge in [-0.3, -0.25) is 0 Å². The molecule has 0 spiro atoms. The molecule has 1 aromatic heterocycles. The predicted molar refractivity (Wildman–Crippen MR) is 83.8 cm³/mol. The Bertz CT molecular complexity index is 473. The van der Waals surface area contributed by atoms with Gasteiger partial charge in [0.05, 0.1) is 6.61 Å². The van der Waals surface area contributed by atoms with Gasteiger partial charge < -0.3 is 20.5 Å². The molecule has 1 saturated heterocycles. The number of rotatable bonds is 7. The zero-order valence-electron chi connectivity index (χ0n) is 13.2. The number of anilines is 2. The van der Waals surface area contributed by atoms with Gasteiger partial charge in [-0.05, 0) is 13.3 Å². The Balaban J connectivity index is 2.13. The summed E-state index contributed by atoms with van der Waals surface area (Å²) in [5, 5.41) is 16.9. The van der Waals surface area contributed by atoms with Crippen LogP contribution in [-0.2, 0) is 11.2 Å². The maximum absolute atomic E-state index is 10.3. The SMILES string of the molecule is CCCNc1nc(CC)nc(NCC2(O)CCOC2)c1C. The highest BCUT2D eigenvalue weighted by Crippen LogP contribution is 2.23. The summed E-state index contributed by atoms with van der Waals surface area (Å²) in [5.74, 6) is 2.47. The van der Waals surface area contributed by atoms with E-state index in [1.807, 2.05) is 13.8 Å². The Hall–Kier alpha value is -1.40. The molecule has 0 saturated carbocycles. The molecule has 0 radical (unpaired) electrons. The van der Waals surface area contributed by atoms with Crippen molar-refractivity contribution in [2.45, 2.75) is 45.6 Å². The summed E-state index contributed by atoms with van der Waals surface area (Å²) in [7, 11) is 0. The third-order valence-electron chi connectivity index (χ3n) is 3.72. The molecule has 21 heavy (non-hydrogen) atoms. The first-order valence-electron chi connectivity index (χ1n) is 7.73. The number of hydrogen-bond donors (Lipinski definition) is 3. The van der Waals surface area contributed by atoms with Crippen LogP contribution in [0.3, 0.4) is 0 Å². The highest BCUT2D eigenvalue weighted by Gasteiger charge is 2.32. The van der Waals surface area contributed by atoms with E-state index < -0.39 is 5.60 Å². The minimum absolute atomic E-state index is 0.381. The number of aromatic nitrogens is 2. The van der Waals surface area contributed by atoms with Gasteiger partial charge in [-0.15, -0.1) is 0 Å². The quantitative estimate of drug-likeness (QED) is 0.711. The van der Waals surface area contributed by atoms with Gasteiger partial charge in [-0.1, -0.05) is 13.8 Å². The monoisotopic (exact) mass is 294 g/mol. The van der Waals surface area contributed by atoms with E-state index in [0.29, 0.717) is 26.2 Å². The molecule has 0 aliphatic carbocycles. The van der Waals surface area contributed by atoms with E-state index in [2.05, 4.69) is 27.5 Å². The maximum atomic E-state index is 10.3. The van der Waals surface area contributed by atoms with Crippen LogP contribution in [0.2, 0.25) is 0 Å². The van der Waals surface area contributed by atoms with E-state index in [1.54, 1.807) is 0 Å². The van der Waals surface area contributed by atoms with Crippen LogP contribution in [0.25, 0.3) is 0 Å². The highest BCUT2D eigenvalue weighted by molar-refractivity contribution is 5.57. The Labute approximate surface area is 126 Å². The van der Waals surface area contributed by atoms with E-state index in [-0.39, 0.29) is 0 Å².